The first-order valence-electron chi connectivity index (χ1n) is 8.38. The smallest absolute Gasteiger partial charge is 0.339 e. The number of carboxylic acids is 1. The van der Waals surface area contributed by atoms with Gasteiger partial charge in [0.25, 0.3) is 5.91 Å². The van der Waals surface area contributed by atoms with Crippen LogP contribution in [0.3, 0.4) is 0 Å². The number of hydrogen-bond acceptors (Lipinski definition) is 5. The molecule has 1 aromatic heterocycles. The maximum Gasteiger partial charge on any atom is 0.339 e. The number of rotatable bonds is 4. The third kappa shape index (κ3) is 4.17. The molecule has 3 rings (SSSR count). The second-order valence-corrected chi connectivity index (χ2v) is 8.85. The number of amides is 1. The molecule has 2 N–H and O–H groups in total. The summed E-state index contributed by atoms with van der Waals surface area (Å²) in [6.45, 7) is 0. The van der Waals surface area contributed by atoms with Crippen molar-refractivity contribution in [2.75, 3.05) is 6.26 Å². The zero-order valence-corrected chi connectivity index (χ0v) is 15.8. The molecule has 0 aliphatic heterocycles. The quantitative estimate of drug-likeness (QED) is 0.816. The Labute approximate surface area is 162 Å². The van der Waals surface area contributed by atoms with Gasteiger partial charge in [0.15, 0.2) is 0 Å². The Hall–Kier alpha value is -3.26. The lowest BCUT2D eigenvalue weighted by molar-refractivity contribution is 0.0693. The molecular formula is C20H18N2O5S. The topological polar surface area (TPSA) is 117 Å². The summed E-state index contributed by atoms with van der Waals surface area (Å²) in [7, 11) is -2.78. The fraction of sp³-hybridized carbons (Fsp3) is 0.150. The molecule has 7 nitrogen and oxygen atoms in total. The van der Waals surface area contributed by atoms with Gasteiger partial charge in [-0.2, -0.15) is 4.36 Å². The monoisotopic (exact) mass is 398 g/mol. The molecule has 144 valence electrons. The highest BCUT2D eigenvalue weighted by Gasteiger charge is 2.19. The number of phenols is 1. The zero-order valence-electron chi connectivity index (χ0n) is 15.0. The highest BCUT2D eigenvalue weighted by molar-refractivity contribution is 7.94. The molecule has 1 amide bonds. The first kappa shape index (κ1) is 19.5. The van der Waals surface area contributed by atoms with E-state index in [4.69, 9.17) is 5.11 Å². The van der Waals surface area contributed by atoms with E-state index in [1.165, 1.54) is 42.9 Å². The number of aromatic carboxylic acids is 1. The minimum Gasteiger partial charge on any atom is -0.507 e. The number of aromatic nitrogens is 1. The van der Waals surface area contributed by atoms with E-state index in [1.54, 1.807) is 12.2 Å². The third-order valence-corrected chi connectivity index (χ3v) is 6.31. The molecule has 0 fully saturated rings. The molecule has 1 aromatic carbocycles. The second kappa shape index (κ2) is 7.77. The van der Waals surface area contributed by atoms with E-state index in [-0.39, 0.29) is 22.1 Å². The zero-order chi connectivity index (χ0) is 20.3. The molecule has 1 unspecified atom stereocenters. The summed E-state index contributed by atoms with van der Waals surface area (Å²) in [6, 6.07) is 5.58. The Bertz CT molecular complexity index is 1130. The first-order valence-corrected chi connectivity index (χ1v) is 10.4. The van der Waals surface area contributed by atoms with Crippen LogP contribution in [0.2, 0.25) is 0 Å². The Balaban J connectivity index is 1.94. The molecule has 1 aliphatic carbocycles. The lowest BCUT2D eigenvalue weighted by atomic mass is 10.0. The summed E-state index contributed by atoms with van der Waals surface area (Å²) in [5.41, 5.74) is 0.835. The molecule has 0 saturated heterocycles. The van der Waals surface area contributed by atoms with E-state index in [0.717, 1.165) is 0 Å². The summed E-state index contributed by atoms with van der Waals surface area (Å²) in [5.74, 6) is -2.27. The maximum absolute atomic E-state index is 12.9. The van der Waals surface area contributed by atoms with Crippen LogP contribution >= 0.6 is 0 Å². The summed E-state index contributed by atoms with van der Waals surface area (Å²) in [5, 5.41) is 18.4. The van der Waals surface area contributed by atoms with E-state index < -0.39 is 21.6 Å². The number of nitrogens with zero attached hydrogens (tertiary/aromatic N) is 2. The molecular weight excluding hydrogens is 380 g/mol. The van der Waals surface area contributed by atoms with Gasteiger partial charge in [0.1, 0.15) is 11.3 Å². The average molecular weight is 398 g/mol. The summed E-state index contributed by atoms with van der Waals surface area (Å²) in [6.07, 6.45) is 12.1. The van der Waals surface area contributed by atoms with Crippen LogP contribution in [-0.2, 0) is 9.73 Å². The molecule has 0 radical (unpaired) electrons. The van der Waals surface area contributed by atoms with Crippen LogP contribution in [-0.4, -0.2) is 42.8 Å². The van der Waals surface area contributed by atoms with Gasteiger partial charge < -0.3 is 10.2 Å². The number of pyridine rings is 1. The molecule has 2 aromatic rings. The Morgan fingerprint density at radius 3 is 2.64 bits per heavy atom. The predicted octanol–water partition coefficient (Wildman–Crippen LogP) is 3.28. The Morgan fingerprint density at radius 2 is 1.96 bits per heavy atom. The van der Waals surface area contributed by atoms with Gasteiger partial charge in [-0.05, 0) is 30.2 Å². The normalized spacial score (nSPS) is 17.7. The van der Waals surface area contributed by atoms with Crippen LogP contribution < -0.4 is 0 Å². The highest BCUT2D eigenvalue weighted by atomic mass is 32.2. The highest BCUT2D eigenvalue weighted by Crippen LogP contribution is 2.26. The molecule has 8 heteroatoms. The fourth-order valence-electron chi connectivity index (χ4n) is 2.77. The maximum atomic E-state index is 12.9. The molecule has 28 heavy (non-hydrogen) atoms. The van der Waals surface area contributed by atoms with E-state index in [2.05, 4.69) is 9.35 Å². The summed E-state index contributed by atoms with van der Waals surface area (Å²) in [4.78, 5) is 27.8. The van der Waals surface area contributed by atoms with Gasteiger partial charge >= 0.3 is 5.97 Å². The van der Waals surface area contributed by atoms with Gasteiger partial charge in [0, 0.05) is 24.2 Å². The van der Waals surface area contributed by atoms with E-state index in [9.17, 15) is 18.9 Å². The van der Waals surface area contributed by atoms with Crippen LogP contribution in [0.15, 0.2) is 65.3 Å². The van der Waals surface area contributed by atoms with Gasteiger partial charge in [-0.3, -0.25) is 9.78 Å². The van der Waals surface area contributed by atoms with E-state index in [0.29, 0.717) is 17.5 Å². The van der Waals surface area contributed by atoms with E-state index >= 15 is 0 Å². The van der Waals surface area contributed by atoms with Crippen molar-refractivity contribution in [3.63, 3.8) is 0 Å². The van der Waals surface area contributed by atoms with Crippen molar-refractivity contribution >= 4 is 21.6 Å². The first-order chi connectivity index (χ1) is 13.3. The molecule has 1 heterocycles. The van der Waals surface area contributed by atoms with Crippen molar-refractivity contribution in [3.05, 3.63) is 72.1 Å². The number of benzene rings is 1. The van der Waals surface area contributed by atoms with Crippen LogP contribution in [0.25, 0.3) is 11.1 Å². The number of aromatic hydroxyl groups is 1. The van der Waals surface area contributed by atoms with Crippen molar-refractivity contribution in [3.8, 4) is 16.9 Å². The Morgan fingerprint density at radius 1 is 1.18 bits per heavy atom. The largest absolute Gasteiger partial charge is 0.507 e. The van der Waals surface area contributed by atoms with Crippen molar-refractivity contribution in [1.29, 1.82) is 0 Å². The second-order valence-electron chi connectivity index (χ2n) is 6.34. The fourth-order valence-corrected chi connectivity index (χ4v) is 4.19. The van der Waals surface area contributed by atoms with Gasteiger partial charge in [-0.25, -0.2) is 9.00 Å². The minimum atomic E-state index is -2.78. The number of carbonyl (C=O) groups excluding carboxylic acids is 1. The van der Waals surface area contributed by atoms with Gasteiger partial charge in [0.2, 0.25) is 0 Å². The minimum absolute atomic E-state index is 0.146. The summed E-state index contributed by atoms with van der Waals surface area (Å²) >= 11 is 0. The molecule has 0 bridgehead atoms. The van der Waals surface area contributed by atoms with Crippen molar-refractivity contribution < 1.29 is 24.0 Å². The van der Waals surface area contributed by atoms with Crippen molar-refractivity contribution in [2.24, 2.45) is 4.36 Å². The van der Waals surface area contributed by atoms with Crippen LogP contribution in [0.5, 0.6) is 5.75 Å². The SMILES string of the molecule is C[S@@](=O)(=NC(=O)c1cncc(-c2ccc(O)c(C(=O)O)c2)c1)C1C=CC=CC1. The Kier molecular flexibility index (Phi) is 5.41. The molecule has 0 spiro atoms. The van der Waals surface area contributed by atoms with Crippen LogP contribution in [0, 0.1) is 0 Å². The van der Waals surface area contributed by atoms with E-state index in [1.807, 2.05) is 12.2 Å². The average Bonchev–Trinajstić information content (AvgIpc) is 2.68. The standard InChI is InChI=1S/C20H18N2O5S/c1-28(27,16-5-3-2-4-6-16)22-19(24)15-9-14(11-21-12-15)13-7-8-18(23)17(10-13)20(25)26/h2-5,7-12,16,23H,6H2,1H3,(H,25,26)/t16?,28-/m0/s1. The molecule has 0 saturated carbocycles. The number of allylic oxidation sites excluding steroid dienone is 3. The van der Waals surface area contributed by atoms with Gasteiger partial charge in [0.05, 0.1) is 20.5 Å². The predicted molar refractivity (Wildman–Crippen MR) is 106 cm³/mol. The van der Waals surface area contributed by atoms with Crippen molar-refractivity contribution in [2.45, 2.75) is 11.7 Å². The third-order valence-electron chi connectivity index (χ3n) is 4.31. The van der Waals surface area contributed by atoms with Crippen LogP contribution in [0.4, 0.5) is 0 Å². The lowest BCUT2D eigenvalue weighted by Crippen LogP contribution is -2.19. The van der Waals surface area contributed by atoms with Gasteiger partial charge in [-0.1, -0.05) is 30.4 Å². The molecule has 1 aliphatic rings. The lowest BCUT2D eigenvalue weighted by Gasteiger charge is -2.14. The van der Waals surface area contributed by atoms with Crippen LogP contribution in [0.1, 0.15) is 27.1 Å². The number of carbonyl (C=O) groups is 2. The summed E-state index contributed by atoms with van der Waals surface area (Å²) < 4.78 is 16.8. The number of hydrogen-bond donors (Lipinski definition) is 2. The van der Waals surface area contributed by atoms with Crippen molar-refractivity contribution in [1.82, 2.24) is 4.98 Å². The van der Waals surface area contributed by atoms with Gasteiger partial charge in [-0.15, -0.1) is 0 Å². The number of carboxylic acid groups (broad SMARTS) is 1. The molecule has 2 atom stereocenters.